The van der Waals surface area contributed by atoms with Gasteiger partial charge in [-0.05, 0) is 39.0 Å². The van der Waals surface area contributed by atoms with E-state index in [1.807, 2.05) is 26.0 Å². The minimum absolute atomic E-state index is 0.256. The van der Waals surface area contributed by atoms with Crippen LogP contribution >= 0.6 is 11.3 Å². The highest BCUT2D eigenvalue weighted by Crippen LogP contribution is 2.15. The number of hydrogen-bond acceptors (Lipinski definition) is 4. The van der Waals surface area contributed by atoms with E-state index in [0.29, 0.717) is 11.3 Å². The van der Waals surface area contributed by atoms with Crippen LogP contribution < -0.4 is 5.43 Å². The number of carbonyl (C=O) groups is 1. The number of hydrazone groups is 1. The Balaban J connectivity index is 2.07. The van der Waals surface area contributed by atoms with E-state index in [1.165, 1.54) is 11.1 Å². The Morgan fingerprint density at radius 3 is 2.67 bits per heavy atom. The van der Waals surface area contributed by atoms with E-state index in [4.69, 9.17) is 4.42 Å². The Hall–Kier alpha value is -1.88. The maximum atomic E-state index is 11.8. The second kappa shape index (κ2) is 5.18. The number of carbonyl (C=O) groups excluding carboxylic acids is 1. The van der Waals surface area contributed by atoms with Crippen molar-refractivity contribution in [2.75, 3.05) is 0 Å². The predicted molar refractivity (Wildman–Crippen MR) is 72.2 cm³/mol. The van der Waals surface area contributed by atoms with E-state index >= 15 is 0 Å². The summed E-state index contributed by atoms with van der Waals surface area (Å²) in [4.78, 5) is 14.1. The quantitative estimate of drug-likeness (QED) is 0.682. The average molecular weight is 262 g/mol. The van der Waals surface area contributed by atoms with Crippen molar-refractivity contribution in [3.63, 3.8) is 0 Å². The molecule has 0 aliphatic heterocycles. The molecule has 1 N–H and O–H groups in total. The molecule has 2 aromatic rings. The van der Waals surface area contributed by atoms with E-state index < -0.39 is 0 Å². The third-order valence-electron chi connectivity index (χ3n) is 2.53. The lowest BCUT2D eigenvalue weighted by Gasteiger charge is -2.00. The third kappa shape index (κ3) is 2.68. The molecule has 1 amide bonds. The van der Waals surface area contributed by atoms with E-state index in [-0.39, 0.29) is 5.91 Å². The van der Waals surface area contributed by atoms with E-state index in [0.717, 1.165) is 10.6 Å². The van der Waals surface area contributed by atoms with E-state index in [2.05, 4.69) is 10.5 Å². The minimum atomic E-state index is -0.256. The van der Waals surface area contributed by atoms with E-state index in [1.54, 1.807) is 24.3 Å². The molecule has 2 aromatic heterocycles. The number of amides is 1. The molecule has 0 aliphatic carbocycles. The monoisotopic (exact) mass is 262 g/mol. The van der Waals surface area contributed by atoms with Gasteiger partial charge in [-0.15, -0.1) is 11.3 Å². The lowest BCUT2D eigenvalue weighted by atomic mass is 10.2. The second-order valence-corrected chi connectivity index (χ2v) is 5.23. The van der Waals surface area contributed by atoms with Crippen molar-refractivity contribution in [3.05, 3.63) is 45.5 Å². The summed E-state index contributed by atoms with van der Waals surface area (Å²) in [5, 5.41) is 4.09. The Bertz CT molecular complexity index is 596. The molecule has 0 aliphatic rings. The summed E-state index contributed by atoms with van der Waals surface area (Å²) >= 11 is 1.65. The second-order valence-electron chi connectivity index (χ2n) is 3.94. The fraction of sp³-hybridized carbons (Fsp3) is 0.231. The van der Waals surface area contributed by atoms with E-state index in [9.17, 15) is 4.79 Å². The number of aryl methyl sites for hydroxylation is 2. The summed E-state index contributed by atoms with van der Waals surface area (Å²) in [6.45, 7) is 5.65. The molecule has 5 heteroatoms. The number of nitrogens with zero attached hydrogens (tertiary/aromatic N) is 1. The zero-order valence-electron chi connectivity index (χ0n) is 10.5. The lowest BCUT2D eigenvalue weighted by molar-refractivity contribution is 0.0953. The van der Waals surface area contributed by atoms with Gasteiger partial charge < -0.3 is 4.42 Å². The van der Waals surface area contributed by atoms with Gasteiger partial charge in [-0.2, -0.15) is 5.10 Å². The molecule has 18 heavy (non-hydrogen) atoms. The summed E-state index contributed by atoms with van der Waals surface area (Å²) < 4.78 is 5.07. The Labute approximate surface area is 109 Å². The highest BCUT2D eigenvalue weighted by atomic mass is 32.1. The van der Waals surface area contributed by atoms with Gasteiger partial charge in [0.2, 0.25) is 0 Å². The Morgan fingerprint density at radius 2 is 2.11 bits per heavy atom. The first kappa shape index (κ1) is 12.6. The summed E-state index contributed by atoms with van der Waals surface area (Å²) in [5.41, 5.74) is 3.83. The van der Waals surface area contributed by atoms with Crippen LogP contribution in [0.1, 0.15) is 32.8 Å². The summed E-state index contributed by atoms with van der Waals surface area (Å²) in [5.74, 6) is 0.334. The number of thiophene rings is 1. The zero-order valence-corrected chi connectivity index (χ0v) is 11.3. The number of furan rings is 1. The van der Waals surface area contributed by atoms with Crippen molar-refractivity contribution in [2.24, 2.45) is 5.10 Å². The number of hydrogen-bond donors (Lipinski definition) is 1. The molecule has 0 bridgehead atoms. The summed E-state index contributed by atoms with van der Waals surface area (Å²) in [6, 6.07) is 5.65. The smallest absolute Gasteiger partial charge is 0.274 e. The summed E-state index contributed by atoms with van der Waals surface area (Å²) in [7, 11) is 0. The van der Waals surface area contributed by atoms with Crippen molar-refractivity contribution in [3.8, 4) is 0 Å². The summed E-state index contributed by atoms with van der Waals surface area (Å²) in [6.07, 6.45) is 1.49. The van der Waals surface area contributed by atoms with Crippen LogP contribution in [0.25, 0.3) is 0 Å². The molecule has 0 aromatic carbocycles. The highest BCUT2D eigenvalue weighted by molar-refractivity contribution is 7.14. The molecule has 94 valence electrons. The van der Waals surface area contributed by atoms with Gasteiger partial charge in [0.05, 0.1) is 22.4 Å². The van der Waals surface area contributed by atoms with Crippen molar-refractivity contribution in [1.29, 1.82) is 0 Å². The fourth-order valence-corrected chi connectivity index (χ4v) is 2.31. The average Bonchev–Trinajstić information content (AvgIpc) is 2.94. The SMILES string of the molecule is C/C(=N\NC(=O)c1ccoc1C)c1ccc(C)s1. The van der Waals surface area contributed by atoms with Crippen LogP contribution in [0.5, 0.6) is 0 Å². The molecule has 4 nitrogen and oxygen atoms in total. The van der Waals surface area contributed by atoms with Gasteiger partial charge in [-0.1, -0.05) is 0 Å². The van der Waals surface area contributed by atoms with Gasteiger partial charge in [0.15, 0.2) is 0 Å². The standard InChI is InChI=1S/C13H14N2O2S/c1-8-4-5-12(18-8)9(2)14-15-13(16)11-6-7-17-10(11)3/h4-7H,1-3H3,(H,15,16)/b14-9+. The van der Waals surface area contributed by atoms with Crippen molar-refractivity contribution in [1.82, 2.24) is 5.43 Å². The van der Waals surface area contributed by atoms with Crippen LogP contribution in [0.4, 0.5) is 0 Å². The van der Waals surface area contributed by atoms with Crippen LogP contribution in [0.15, 0.2) is 34.0 Å². The van der Waals surface area contributed by atoms with Crippen LogP contribution in [0.3, 0.4) is 0 Å². The van der Waals surface area contributed by atoms with Gasteiger partial charge in [0, 0.05) is 4.88 Å². The molecular formula is C13H14N2O2S. The van der Waals surface area contributed by atoms with Crippen LogP contribution in [0.2, 0.25) is 0 Å². The molecule has 0 saturated heterocycles. The molecule has 0 radical (unpaired) electrons. The first-order chi connectivity index (χ1) is 8.58. The van der Waals surface area contributed by atoms with Crippen molar-refractivity contribution in [2.45, 2.75) is 20.8 Å². The molecule has 0 fully saturated rings. The molecule has 0 spiro atoms. The number of rotatable bonds is 3. The largest absolute Gasteiger partial charge is 0.469 e. The maximum Gasteiger partial charge on any atom is 0.274 e. The van der Waals surface area contributed by atoms with Crippen molar-refractivity contribution >= 4 is 23.0 Å². The Kier molecular flexibility index (Phi) is 3.62. The molecular weight excluding hydrogens is 248 g/mol. The first-order valence-corrected chi connectivity index (χ1v) is 6.35. The van der Waals surface area contributed by atoms with Crippen LogP contribution in [-0.4, -0.2) is 11.6 Å². The topological polar surface area (TPSA) is 54.6 Å². The molecule has 2 rings (SSSR count). The third-order valence-corrected chi connectivity index (χ3v) is 3.64. The van der Waals surface area contributed by atoms with Crippen LogP contribution in [0, 0.1) is 13.8 Å². The molecule has 2 heterocycles. The zero-order chi connectivity index (χ0) is 13.1. The van der Waals surface area contributed by atoms with Gasteiger partial charge in [0.25, 0.3) is 5.91 Å². The normalized spacial score (nSPS) is 11.6. The lowest BCUT2D eigenvalue weighted by Crippen LogP contribution is -2.19. The maximum absolute atomic E-state index is 11.8. The van der Waals surface area contributed by atoms with Gasteiger partial charge in [0.1, 0.15) is 5.76 Å². The van der Waals surface area contributed by atoms with Gasteiger partial charge in [-0.25, -0.2) is 5.43 Å². The van der Waals surface area contributed by atoms with Crippen LogP contribution in [-0.2, 0) is 0 Å². The predicted octanol–water partition coefficient (Wildman–Crippen LogP) is 3.11. The van der Waals surface area contributed by atoms with Gasteiger partial charge >= 0.3 is 0 Å². The first-order valence-electron chi connectivity index (χ1n) is 5.53. The minimum Gasteiger partial charge on any atom is -0.469 e. The molecule has 0 saturated carbocycles. The number of nitrogens with one attached hydrogen (secondary N) is 1. The van der Waals surface area contributed by atoms with Gasteiger partial charge in [-0.3, -0.25) is 4.79 Å². The van der Waals surface area contributed by atoms with Crippen molar-refractivity contribution < 1.29 is 9.21 Å². The highest BCUT2D eigenvalue weighted by Gasteiger charge is 2.10. The Morgan fingerprint density at radius 1 is 1.33 bits per heavy atom. The molecule has 0 unspecified atom stereocenters. The fourth-order valence-electron chi connectivity index (χ4n) is 1.50. The molecule has 0 atom stereocenters.